The van der Waals surface area contributed by atoms with Crippen LogP contribution in [0.15, 0.2) is 145 Å². The van der Waals surface area contributed by atoms with Gasteiger partial charge in [-0.3, -0.25) is 4.57 Å². The minimum Gasteiger partial charge on any atom is -0.308 e. The molecule has 234 valence electrons. The first-order valence-electron chi connectivity index (χ1n) is 17.5. The van der Waals surface area contributed by atoms with Crippen molar-refractivity contribution >= 4 is 82.2 Å². The number of benzene rings is 7. The number of para-hydroxylation sites is 3. The summed E-state index contributed by atoms with van der Waals surface area (Å²) < 4.78 is 5.00. The molecule has 0 spiro atoms. The van der Waals surface area contributed by atoms with Gasteiger partial charge < -0.3 is 4.40 Å². The van der Waals surface area contributed by atoms with E-state index in [0.717, 1.165) is 30.8 Å². The van der Waals surface area contributed by atoms with Crippen LogP contribution >= 0.6 is 0 Å². The molecule has 4 heteroatoms. The highest BCUT2D eigenvalue weighted by Gasteiger charge is 2.27. The zero-order valence-electron chi connectivity index (χ0n) is 27.3. The van der Waals surface area contributed by atoms with Gasteiger partial charge in [0.25, 0.3) is 0 Å². The van der Waals surface area contributed by atoms with Crippen LogP contribution in [0, 0.1) is 11.3 Å². The summed E-state index contributed by atoms with van der Waals surface area (Å²) in [4.78, 5) is 5.61. The molecule has 0 radical (unpaired) electrons. The smallest absolute Gasteiger partial charge is 0.114 e. The van der Waals surface area contributed by atoms with E-state index in [1.807, 2.05) is 12.1 Å². The van der Waals surface area contributed by atoms with Gasteiger partial charge in [-0.2, -0.15) is 5.26 Å². The number of nitrogens with zero attached hydrogens (tertiary/aromatic N) is 4. The Kier molecular flexibility index (Phi) is 5.66. The lowest BCUT2D eigenvalue weighted by Gasteiger charge is -2.24. The van der Waals surface area contributed by atoms with E-state index < -0.39 is 0 Å². The van der Waals surface area contributed by atoms with Crippen LogP contribution in [0.3, 0.4) is 0 Å². The molecule has 50 heavy (non-hydrogen) atoms. The first kappa shape index (κ1) is 27.5. The summed E-state index contributed by atoms with van der Waals surface area (Å²) in [5, 5.41) is 19.6. The van der Waals surface area contributed by atoms with E-state index in [2.05, 4.69) is 142 Å². The molecule has 1 unspecified atom stereocenters. The molecule has 7 aromatic carbocycles. The molecule has 1 aliphatic rings. The molecule has 10 aromatic rings. The van der Waals surface area contributed by atoms with Crippen LogP contribution in [-0.4, -0.2) is 14.8 Å². The summed E-state index contributed by atoms with van der Waals surface area (Å²) in [6.07, 6.45) is 2.83. The Morgan fingerprint density at radius 3 is 2.14 bits per heavy atom. The van der Waals surface area contributed by atoms with E-state index in [0.29, 0.717) is 5.56 Å². The first-order chi connectivity index (χ1) is 24.8. The lowest BCUT2D eigenvalue weighted by Crippen LogP contribution is -2.15. The number of fused-ring (bicyclic) bond motifs is 13. The van der Waals surface area contributed by atoms with Crippen LogP contribution in [0.1, 0.15) is 41.9 Å². The summed E-state index contributed by atoms with van der Waals surface area (Å²) in [5.41, 5.74) is 10.4. The Bertz CT molecular complexity index is 3080. The first-order valence-corrected chi connectivity index (χ1v) is 17.5. The number of nitriles is 1. The van der Waals surface area contributed by atoms with E-state index in [1.54, 1.807) is 0 Å². The minimum atomic E-state index is 0.216. The maximum absolute atomic E-state index is 9.42. The lowest BCUT2D eigenvalue weighted by atomic mass is 9.85. The summed E-state index contributed by atoms with van der Waals surface area (Å²) in [7, 11) is 0. The molecule has 1 aliphatic heterocycles. The van der Waals surface area contributed by atoms with Crippen molar-refractivity contribution in [2.45, 2.75) is 25.2 Å². The van der Waals surface area contributed by atoms with Crippen molar-refractivity contribution in [2.75, 3.05) is 0 Å². The molecule has 0 amide bonds. The third-order valence-corrected chi connectivity index (χ3v) is 11.1. The maximum Gasteiger partial charge on any atom is 0.114 e. The molecule has 3 aromatic heterocycles. The van der Waals surface area contributed by atoms with Gasteiger partial charge in [0.15, 0.2) is 0 Å². The highest BCUT2D eigenvalue weighted by molar-refractivity contribution is 6.38. The molecular weight excluding hydrogens is 609 g/mol. The molecule has 0 bridgehead atoms. The SMILES string of the molecule is N#Cc1ccc(C2CCCC(n3c4ccccc4c4cc5c6ccccc6n6c7ccc8ccccc8c7c(c43)c56)=Nc3ccccc32)cc1. The van der Waals surface area contributed by atoms with E-state index in [-0.39, 0.29) is 5.92 Å². The Balaban J connectivity index is 1.28. The Morgan fingerprint density at radius 1 is 0.600 bits per heavy atom. The molecule has 0 aliphatic carbocycles. The second kappa shape index (κ2) is 10.3. The van der Waals surface area contributed by atoms with Crippen molar-refractivity contribution in [3.63, 3.8) is 0 Å². The second-order valence-corrected chi connectivity index (χ2v) is 13.7. The normalized spacial score (nSPS) is 15.3. The van der Waals surface area contributed by atoms with Gasteiger partial charge in [0.1, 0.15) is 5.84 Å². The molecule has 0 N–H and O–H groups in total. The molecule has 0 saturated carbocycles. The zero-order valence-corrected chi connectivity index (χ0v) is 27.3. The highest BCUT2D eigenvalue weighted by Crippen LogP contribution is 2.48. The summed E-state index contributed by atoms with van der Waals surface area (Å²) in [6, 6.07) is 52.6. The number of aromatic nitrogens is 2. The highest BCUT2D eigenvalue weighted by atomic mass is 15.1. The number of hydrogen-bond acceptors (Lipinski definition) is 2. The monoisotopic (exact) mass is 638 g/mol. The van der Waals surface area contributed by atoms with Gasteiger partial charge in [-0.15, -0.1) is 0 Å². The predicted octanol–water partition coefficient (Wildman–Crippen LogP) is 11.9. The van der Waals surface area contributed by atoms with Gasteiger partial charge in [0, 0.05) is 44.7 Å². The van der Waals surface area contributed by atoms with Crippen LogP contribution in [-0.2, 0) is 0 Å². The number of aliphatic imine (C=N–C) groups is 1. The Labute approximate surface area is 288 Å². The summed E-state index contributed by atoms with van der Waals surface area (Å²) in [5.74, 6) is 1.29. The van der Waals surface area contributed by atoms with Crippen molar-refractivity contribution in [3.05, 3.63) is 156 Å². The van der Waals surface area contributed by atoms with Gasteiger partial charge in [-0.1, -0.05) is 97.1 Å². The van der Waals surface area contributed by atoms with Crippen LogP contribution in [0.2, 0.25) is 0 Å². The standard InChI is InChI=1S/C46H30N4/c47-27-28-20-22-30(23-21-28)31-15-9-19-42(48-38-16-6-3-12-33(31)38)50-40-18-8-5-14-35(40)37-26-36-34-13-4-7-17-39(34)49-41-25-24-29-10-1-2-11-32(29)43(41)44(45(36)49)46(37)50/h1-8,10-14,16-18,20-26,31H,9,15,19H2. The Hall–Kier alpha value is -6.44. The summed E-state index contributed by atoms with van der Waals surface area (Å²) >= 11 is 0. The molecular formula is C46H30N4. The van der Waals surface area contributed by atoms with Crippen LogP contribution in [0.4, 0.5) is 5.69 Å². The molecule has 4 nitrogen and oxygen atoms in total. The van der Waals surface area contributed by atoms with Crippen molar-refractivity contribution in [1.29, 1.82) is 5.26 Å². The van der Waals surface area contributed by atoms with Crippen LogP contribution in [0.25, 0.3) is 70.7 Å². The van der Waals surface area contributed by atoms with Crippen LogP contribution in [0.5, 0.6) is 0 Å². The minimum absolute atomic E-state index is 0.216. The van der Waals surface area contributed by atoms with E-state index >= 15 is 0 Å². The molecule has 1 atom stereocenters. The van der Waals surface area contributed by atoms with Gasteiger partial charge in [-0.05, 0) is 77.2 Å². The Morgan fingerprint density at radius 2 is 1.30 bits per heavy atom. The lowest BCUT2D eigenvalue weighted by molar-refractivity contribution is 0.669. The quantitative estimate of drug-likeness (QED) is 0.176. The second-order valence-electron chi connectivity index (χ2n) is 13.7. The number of rotatable bonds is 1. The van der Waals surface area contributed by atoms with E-state index in [1.165, 1.54) is 81.8 Å². The van der Waals surface area contributed by atoms with Gasteiger partial charge in [0.05, 0.1) is 44.9 Å². The van der Waals surface area contributed by atoms with E-state index in [9.17, 15) is 5.26 Å². The fourth-order valence-electron chi connectivity index (χ4n) is 9.03. The number of hydrogen-bond donors (Lipinski definition) is 0. The predicted molar refractivity (Wildman–Crippen MR) is 207 cm³/mol. The van der Waals surface area contributed by atoms with Crippen molar-refractivity contribution in [2.24, 2.45) is 4.99 Å². The summed E-state index contributed by atoms with van der Waals surface area (Å²) in [6.45, 7) is 0. The van der Waals surface area contributed by atoms with Crippen LogP contribution < -0.4 is 0 Å². The topological polar surface area (TPSA) is 45.5 Å². The maximum atomic E-state index is 9.42. The third kappa shape index (κ3) is 3.67. The van der Waals surface area contributed by atoms with Crippen molar-refractivity contribution in [1.82, 2.24) is 8.97 Å². The van der Waals surface area contributed by atoms with Crippen molar-refractivity contribution < 1.29 is 0 Å². The van der Waals surface area contributed by atoms with Gasteiger partial charge in [-0.25, -0.2) is 4.99 Å². The molecule has 0 saturated heterocycles. The van der Waals surface area contributed by atoms with E-state index in [4.69, 9.17) is 4.99 Å². The average Bonchev–Trinajstić information content (AvgIpc) is 3.80. The third-order valence-electron chi connectivity index (χ3n) is 11.1. The van der Waals surface area contributed by atoms with Gasteiger partial charge >= 0.3 is 0 Å². The zero-order chi connectivity index (χ0) is 32.9. The molecule has 4 heterocycles. The molecule has 11 rings (SSSR count). The molecule has 0 fully saturated rings. The fraction of sp³-hybridized carbons (Fsp3) is 0.0870. The fourth-order valence-corrected chi connectivity index (χ4v) is 9.03. The van der Waals surface area contributed by atoms with Gasteiger partial charge in [0.2, 0.25) is 0 Å². The average molecular weight is 639 g/mol. The van der Waals surface area contributed by atoms with Crippen molar-refractivity contribution in [3.8, 4) is 6.07 Å². The largest absolute Gasteiger partial charge is 0.308 e.